The van der Waals surface area contributed by atoms with E-state index in [2.05, 4.69) is 108 Å². The summed E-state index contributed by atoms with van der Waals surface area (Å²) in [5.74, 6) is 0.679. The molecular formula is C40H23ClN4S. The second kappa shape index (κ2) is 10.8. The van der Waals surface area contributed by atoms with Crippen molar-refractivity contribution in [2.24, 2.45) is 0 Å². The van der Waals surface area contributed by atoms with Gasteiger partial charge in [0.1, 0.15) is 0 Å². The molecule has 0 saturated carbocycles. The first-order valence-corrected chi connectivity index (χ1v) is 16.2. The number of aromatic nitrogens is 4. The van der Waals surface area contributed by atoms with Crippen LogP contribution < -0.4 is 0 Å². The van der Waals surface area contributed by atoms with Crippen LogP contribution in [0, 0.1) is 0 Å². The molecule has 0 aliphatic carbocycles. The highest BCUT2D eigenvalue weighted by molar-refractivity contribution is 7.26. The molecule has 216 valence electrons. The van der Waals surface area contributed by atoms with E-state index in [1.165, 1.54) is 21.9 Å². The topological polar surface area (TPSA) is 51.6 Å². The summed E-state index contributed by atoms with van der Waals surface area (Å²) in [6, 6.07) is 48.3. The van der Waals surface area contributed by atoms with Gasteiger partial charge in [-0.15, -0.1) is 11.3 Å². The fourth-order valence-corrected chi connectivity index (χ4v) is 7.52. The van der Waals surface area contributed by atoms with Gasteiger partial charge in [-0.05, 0) is 51.7 Å². The van der Waals surface area contributed by atoms with Gasteiger partial charge in [0.15, 0.2) is 5.82 Å². The van der Waals surface area contributed by atoms with E-state index in [4.69, 9.17) is 26.6 Å². The number of benzene rings is 6. The summed E-state index contributed by atoms with van der Waals surface area (Å²) in [5.41, 5.74) is 8.82. The van der Waals surface area contributed by atoms with Crippen molar-refractivity contribution in [3.63, 3.8) is 0 Å². The summed E-state index contributed by atoms with van der Waals surface area (Å²) in [4.78, 5) is 19.3. The Labute approximate surface area is 273 Å². The Morgan fingerprint density at radius 1 is 0.457 bits per heavy atom. The molecule has 0 spiro atoms. The first-order valence-electron chi connectivity index (χ1n) is 15.0. The number of fused-ring (bicyclic) bond motifs is 5. The van der Waals surface area contributed by atoms with Crippen LogP contribution in [0.25, 0.3) is 87.0 Å². The fourth-order valence-electron chi connectivity index (χ4n) is 6.16. The largest absolute Gasteiger partial charge is 0.228 e. The Morgan fingerprint density at radius 2 is 1.13 bits per heavy atom. The lowest BCUT2D eigenvalue weighted by molar-refractivity contribution is 1.22. The molecular weight excluding hydrogens is 604 g/mol. The molecule has 6 heteroatoms. The van der Waals surface area contributed by atoms with Crippen LogP contribution in [0.15, 0.2) is 140 Å². The zero-order chi connectivity index (χ0) is 30.6. The van der Waals surface area contributed by atoms with E-state index < -0.39 is 0 Å². The zero-order valence-corrected chi connectivity index (χ0v) is 25.9. The molecule has 46 heavy (non-hydrogen) atoms. The van der Waals surface area contributed by atoms with Crippen LogP contribution in [0.4, 0.5) is 0 Å². The molecule has 3 heterocycles. The van der Waals surface area contributed by atoms with Gasteiger partial charge >= 0.3 is 0 Å². The lowest BCUT2D eigenvalue weighted by Gasteiger charge is -2.10. The standard InChI is InChI=1S/C40H23ClN4S/c41-40-44-36(38-37(45-40)32-21-20-30(23-34(32)46-38)29-19-14-24-8-4-5-11-28(24)22-29)26-15-17-27(18-16-26)39-42-33-13-7-6-12-31(33)35(43-39)25-9-2-1-3-10-25/h1-23H. The Morgan fingerprint density at radius 3 is 2.00 bits per heavy atom. The van der Waals surface area contributed by atoms with Crippen LogP contribution in [0.1, 0.15) is 0 Å². The van der Waals surface area contributed by atoms with E-state index in [0.29, 0.717) is 5.82 Å². The maximum Gasteiger partial charge on any atom is 0.223 e. The van der Waals surface area contributed by atoms with Gasteiger partial charge in [0.2, 0.25) is 5.28 Å². The Kier molecular flexibility index (Phi) is 6.33. The Balaban J connectivity index is 1.13. The summed E-state index contributed by atoms with van der Waals surface area (Å²) in [5, 5.41) is 4.80. The van der Waals surface area contributed by atoms with Crippen LogP contribution in [-0.4, -0.2) is 19.9 Å². The summed E-state index contributed by atoms with van der Waals surface area (Å²) in [6.07, 6.45) is 0. The van der Waals surface area contributed by atoms with Gasteiger partial charge in [0.25, 0.3) is 0 Å². The summed E-state index contributed by atoms with van der Waals surface area (Å²) in [6.45, 7) is 0. The second-order valence-corrected chi connectivity index (χ2v) is 12.6. The summed E-state index contributed by atoms with van der Waals surface area (Å²) >= 11 is 8.23. The fraction of sp³-hybridized carbons (Fsp3) is 0. The van der Waals surface area contributed by atoms with Crippen molar-refractivity contribution in [2.45, 2.75) is 0 Å². The molecule has 0 atom stereocenters. The monoisotopic (exact) mass is 626 g/mol. The van der Waals surface area contributed by atoms with Crippen LogP contribution >= 0.6 is 22.9 Å². The number of nitrogens with zero attached hydrogens (tertiary/aromatic N) is 4. The summed E-state index contributed by atoms with van der Waals surface area (Å²) < 4.78 is 2.16. The predicted molar refractivity (Wildman–Crippen MR) is 192 cm³/mol. The van der Waals surface area contributed by atoms with Gasteiger partial charge in [-0.3, -0.25) is 0 Å². The predicted octanol–water partition coefficient (Wildman–Crippen LogP) is 11.3. The molecule has 0 aliphatic heterocycles. The molecule has 0 bridgehead atoms. The van der Waals surface area contributed by atoms with Crippen molar-refractivity contribution in [3.05, 3.63) is 145 Å². The minimum Gasteiger partial charge on any atom is -0.228 e. The average molecular weight is 627 g/mol. The maximum absolute atomic E-state index is 6.53. The first kappa shape index (κ1) is 26.9. The van der Waals surface area contributed by atoms with Gasteiger partial charge in [0.05, 0.1) is 27.1 Å². The molecule has 0 N–H and O–H groups in total. The number of thiophene rings is 1. The van der Waals surface area contributed by atoms with E-state index >= 15 is 0 Å². The third-order valence-electron chi connectivity index (χ3n) is 8.44. The summed E-state index contributed by atoms with van der Waals surface area (Å²) in [7, 11) is 0. The molecule has 0 fully saturated rings. The zero-order valence-electron chi connectivity index (χ0n) is 24.4. The van der Waals surface area contributed by atoms with Crippen molar-refractivity contribution in [1.82, 2.24) is 19.9 Å². The second-order valence-electron chi connectivity index (χ2n) is 11.3. The van der Waals surface area contributed by atoms with E-state index in [-0.39, 0.29) is 5.28 Å². The van der Waals surface area contributed by atoms with Gasteiger partial charge in [-0.2, -0.15) is 0 Å². The van der Waals surface area contributed by atoms with Crippen molar-refractivity contribution < 1.29 is 0 Å². The highest BCUT2D eigenvalue weighted by Gasteiger charge is 2.17. The van der Waals surface area contributed by atoms with Crippen molar-refractivity contribution in [2.75, 3.05) is 0 Å². The van der Waals surface area contributed by atoms with E-state index in [1.807, 2.05) is 36.4 Å². The molecule has 0 unspecified atom stereocenters. The van der Waals surface area contributed by atoms with E-state index in [9.17, 15) is 0 Å². The lowest BCUT2D eigenvalue weighted by atomic mass is 10.0. The molecule has 6 aromatic carbocycles. The molecule has 4 nitrogen and oxygen atoms in total. The van der Waals surface area contributed by atoms with Crippen LogP contribution in [-0.2, 0) is 0 Å². The van der Waals surface area contributed by atoms with Gasteiger partial charge in [-0.25, -0.2) is 19.9 Å². The maximum atomic E-state index is 6.53. The molecule has 0 aliphatic rings. The van der Waals surface area contributed by atoms with Crippen molar-refractivity contribution in [3.8, 4) is 45.0 Å². The highest BCUT2D eigenvalue weighted by Crippen LogP contribution is 2.41. The molecule has 3 aromatic heterocycles. The van der Waals surface area contributed by atoms with Crippen LogP contribution in [0.2, 0.25) is 5.28 Å². The quantitative estimate of drug-likeness (QED) is 0.182. The van der Waals surface area contributed by atoms with Gasteiger partial charge in [-0.1, -0.05) is 121 Å². The Hall–Kier alpha value is -5.49. The number of hydrogen-bond acceptors (Lipinski definition) is 5. The normalized spacial score (nSPS) is 11.6. The van der Waals surface area contributed by atoms with Gasteiger partial charge < -0.3 is 0 Å². The van der Waals surface area contributed by atoms with Crippen LogP contribution in [0.5, 0.6) is 0 Å². The SMILES string of the molecule is Clc1nc(-c2ccc(-c3nc(-c4ccccc4)c4ccccc4n3)cc2)c2sc3cc(-c4ccc5ccccc5c4)ccc3c2n1. The van der Waals surface area contributed by atoms with Crippen molar-refractivity contribution >= 4 is 64.9 Å². The lowest BCUT2D eigenvalue weighted by Crippen LogP contribution is -1.95. The average Bonchev–Trinajstić information content (AvgIpc) is 3.48. The minimum absolute atomic E-state index is 0.232. The highest BCUT2D eigenvalue weighted by atomic mass is 35.5. The number of rotatable bonds is 4. The van der Waals surface area contributed by atoms with Gasteiger partial charge in [0, 0.05) is 32.2 Å². The van der Waals surface area contributed by atoms with E-state index in [0.717, 1.165) is 59.3 Å². The first-order chi connectivity index (χ1) is 22.7. The smallest absolute Gasteiger partial charge is 0.223 e. The van der Waals surface area contributed by atoms with Crippen molar-refractivity contribution in [1.29, 1.82) is 0 Å². The molecule has 0 saturated heterocycles. The Bertz CT molecular complexity index is 2600. The molecule has 0 amide bonds. The molecule has 0 radical (unpaired) electrons. The third kappa shape index (κ3) is 4.60. The number of hydrogen-bond donors (Lipinski definition) is 0. The minimum atomic E-state index is 0.232. The molecule has 9 aromatic rings. The van der Waals surface area contributed by atoms with E-state index in [1.54, 1.807) is 11.3 Å². The third-order valence-corrected chi connectivity index (χ3v) is 9.75. The number of para-hydroxylation sites is 1. The molecule has 9 rings (SSSR count). The number of halogens is 1. The van der Waals surface area contributed by atoms with Crippen LogP contribution in [0.3, 0.4) is 0 Å².